The van der Waals surface area contributed by atoms with E-state index < -0.39 is 0 Å². The van der Waals surface area contributed by atoms with Gasteiger partial charge in [0.25, 0.3) is 0 Å². The van der Waals surface area contributed by atoms with Crippen LogP contribution in [0.2, 0.25) is 0 Å². The molecular weight excluding hydrogens is 913 g/mol. The molecule has 8 heterocycles. The molecule has 0 spiro atoms. The predicted molar refractivity (Wildman–Crippen MR) is 281 cm³/mol. The highest BCUT2D eigenvalue weighted by Crippen LogP contribution is 2.55. The van der Waals surface area contributed by atoms with Crippen LogP contribution < -0.4 is 10.3 Å². The third-order valence-electron chi connectivity index (χ3n) is 13.0. The molecular formula is C56H32N8O2S3. The summed E-state index contributed by atoms with van der Waals surface area (Å²) < 4.78 is 9.01. The van der Waals surface area contributed by atoms with Crippen LogP contribution in [0.5, 0.6) is 5.75 Å². The van der Waals surface area contributed by atoms with Crippen molar-refractivity contribution < 1.29 is 9.25 Å². The van der Waals surface area contributed by atoms with E-state index in [0.29, 0.717) is 28.6 Å². The summed E-state index contributed by atoms with van der Waals surface area (Å²) in [7, 11) is 0. The van der Waals surface area contributed by atoms with Gasteiger partial charge in [-0.05, 0) is 88.8 Å². The molecule has 0 bridgehead atoms. The lowest BCUT2D eigenvalue weighted by molar-refractivity contribution is 0.249. The van der Waals surface area contributed by atoms with Crippen molar-refractivity contribution in [2.75, 3.05) is 0 Å². The lowest BCUT2D eigenvalue weighted by Gasteiger charge is -2.26. The summed E-state index contributed by atoms with van der Waals surface area (Å²) in [6, 6.07) is 52.2. The van der Waals surface area contributed by atoms with E-state index in [2.05, 4.69) is 136 Å². The van der Waals surface area contributed by atoms with Crippen molar-refractivity contribution in [3.63, 3.8) is 0 Å². The Kier molecular flexibility index (Phi) is 8.46. The van der Waals surface area contributed by atoms with Gasteiger partial charge in [-0.2, -0.15) is 0 Å². The number of rotatable bonds is 6. The Balaban J connectivity index is 1.17. The number of nitrogens with one attached hydrogen (secondary N) is 3. The van der Waals surface area contributed by atoms with Crippen LogP contribution in [-0.4, -0.2) is 35.3 Å². The normalized spacial score (nSPS) is 14.4. The zero-order valence-corrected chi connectivity index (χ0v) is 38.5. The summed E-state index contributed by atoms with van der Waals surface area (Å²) in [4.78, 5) is 28.8. The van der Waals surface area contributed by atoms with Crippen molar-refractivity contribution in [3.05, 3.63) is 180 Å². The highest BCUT2D eigenvalue weighted by atomic mass is 32.2. The minimum atomic E-state index is -0.169. The number of thiazole rings is 1. The van der Waals surface area contributed by atoms with Crippen LogP contribution >= 0.6 is 34.4 Å². The number of fused-ring (bicyclic) bond motifs is 9. The zero-order valence-electron chi connectivity index (χ0n) is 36.0. The van der Waals surface area contributed by atoms with Gasteiger partial charge in [0.05, 0.1) is 32.2 Å². The van der Waals surface area contributed by atoms with Crippen molar-refractivity contribution in [2.45, 2.75) is 10.1 Å². The molecule has 0 amide bonds. The Hall–Kier alpha value is -8.36. The molecule has 69 heavy (non-hydrogen) atoms. The van der Waals surface area contributed by atoms with Crippen molar-refractivity contribution in [1.29, 1.82) is 0 Å². The van der Waals surface area contributed by atoms with Gasteiger partial charge >= 0.3 is 0 Å². The lowest BCUT2D eigenvalue weighted by Crippen LogP contribution is -2.21. The number of hydrogen-bond donors (Lipinski definition) is 3. The molecule has 15 rings (SSSR count). The summed E-state index contributed by atoms with van der Waals surface area (Å²) in [5.74, 6) is 1.10. The highest BCUT2D eigenvalue weighted by molar-refractivity contribution is 7.99. The maximum absolute atomic E-state index is 6.74. The van der Waals surface area contributed by atoms with Crippen LogP contribution in [-0.2, 0) is 0 Å². The number of hydrogen-bond acceptors (Lipinski definition) is 11. The smallest absolute Gasteiger partial charge is 0.246 e. The molecule has 13 aromatic rings. The molecule has 2 aliphatic heterocycles. The average molecular weight is 945 g/mol. The fourth-order valence-electron chi connectivity index (χ4n) is 10.00. The topological polar surface area (TPSA) is 130 Å². The molecule has 1 atom stereocenters. The molecule has 7 aromatic carbocycles. The van der Waals surface area contributed by atoms with E-state index in [1.54, 1.807) is 22.7 Å². The van der Waals surface area contributed by atoms with Gasteiger partial charge in [-0.3, -0.25) is 5.10 Å². The fourth-order valence-corrected chi connectivity index (χ4v) is 13.3. The summed E-state index contributed by atoms with van der Waals surface area (Å²) in [5, 5.41) is 16.0. The number of thiophene rings is 1. The quantitative estimate of drug-likeness (QED) is 0.149. The van der Waals surface area contributed by atoms with Crippen LogP contribution in [0.3, 0.4) is 0 Å². The first kappa shape index (κ1) is 38.7. The number of oxazole rings is 1. The molecule has 2 aliphatic rings. The number of aromatic amines is 2. The summed E-state index contributed by atoms with van der Waals surface area (Å²) in [6.07, 6.45) is 6.74. The zero-order chi connectivity index (χ0) is 45.2. The summed E-state index contributed by atoms with van der Waals surface area (Å²) in [5.41, 5.74) is 18.1. The summed E-state index contributed by atoms with van der Waals surface area (Å²) >= 11 is 5.25. The molecule has 3 N–H and O–H groups in total. The van der Waals surface area contributed by atoms with Gasteiger partial charge in [0, 0.05) is 53.0 Å². The standard InChI is InChI=1S/C56H32N8O2S3/c1-6-19-39-30(13-1)26-38(63-66-39)48-50-47-37(57-52(50)54(56-59-35-17-5-10-23-43(35)69-56)60-53(48)55-58-34-16-4-7-20-40(34)65-55)28-33(45-27-31-14-3-9-22-42(31)68-45)46(32-15-11-18-36-51(32)62-64-61-36)49(47)44-25-24-29-12-2-8-21-41(29)67-44/h1-28,44,57,63H,(H,61,62,64). The van der Waals surface area contributed by atoms with Crippen LogP contribution in [0.25, 0.3) is 126 Å². The molecule has 326 valence electrons. The maximum Gasteiger partial charge on any atom is 0.246 e. The fraction of sp³-hybridized carbons (Fsp3) is 0.0179. The Bertz CT molecular complexity index is 4250. The van der Waals surface area contributed by atoms with E-state index in [1.807, 2.05) is 66.4 Å². The largest absolute Gasteiger partial charge is 0.435 e. The Labute approximate surface area is 404 Å². The van der Waals surface area contributed by atoms with Gasteiger partial charge in [-0.25, -0.2) is 20.4 Å². The molecule has 1 unspecified atom stereocenters. The first-order valence-electron chi connectivity index (χ1n) is 22.4. The van der Waals surface area contributed by atoms with Crippen LogP contribution in [0.15, 0.2) is 167 Å². The lowest BCUT2D eigenvalue weighted by atomic mass is 9.86. The van der Waals surface area contributed by atoms with Gasteiger partial charge in [0.2, 0.25) is 5.89 Å². The van der Waals surface area contributed by atoms with Crippen molar-refractivity contribution in [3.8, 4) is 49.6 Å². The van der Waals surface area contributed by atoms with Crippen molar-refractivity contribution >= 4 is 117 Å². The van der Waals surface area contributed by atoms with Gasteiger partial charge in [0.1, 0.15) is 27.4 Å². The van der Waals surface area contributed by atoms with Gasteiger partial charge in [-0.1, -0.05) is 108 Å². The Morgan fingerprint density at radius 1 is 0.623 bits per heavy atom. The van der Waals surface area contributed by atoms with Crippen LogP contribution in [0.1, 0.15) is 27.5 Å². The first-order valence-corrected chi connectivity index (χ1v) is 24.9. The number of para-hydroxylation sites is 4. The number of thioether (sulfide) groups is 1. The highest BCUT2D eigenvalue weighted by Gasteiger charge is 2.34. The van der Waals surface area contributed by atoms with Gasteiger partial charge in [-0.15, -0.1) is 39.5 Å². The molecule has 13 heteroatoms. The molecule has 10 nitrogen and oxygen atoms in total. The first-order chi connectivity index (χ1) is 34.2. The second kappa shape index (κ2) is 15.1. The molecule has 0 radical (unpaired) electrons. The van der Waals surface area contributed by atoms with E-state index in [-0.39, 0.29) is 5.25 Å². The molecule has 0 aliphatic carbocycles. The average Bonchev–Trinajstić information content (AvgIpc) is 4.26. The maximum atomic E-state index is 6.74. The monoisotopic (exact) mass is 944 g/mol. The Morgan fingerprint density at radius 2 is 1.45 bits per heavy atom. The number of benzene rings is 7. The van der Waals surface area contributed by atoms with Gasteiger partial charge in [0.15, 0.2) is 11.3 Å². The third kappa shape index (κ3) is 6.07. The van der Waals surface area contributed by atoms with Crippen LogP contribution in [0.4, 0.5) is 0 Å². The van der Waals surface area contributed by atoms with E-state index in [0.717, 1.165) is 97.6 Å². The van der Waals surface area contributed by atoms with Crippen molar-refractivity contribution in [2.24, 2.45) is 0 Å². The van der Waals surface area contributed by atoms with E-state index >= 15 is 0 Å². The minimum Gasteiger partial charge on any atom is -0.435 e. The number of aromatic nitrogens is 7. The third-order valence-corrected chi connectivity index (χ3v) is 16.5. The number of H-pyrrole nitrogens is 2. The molecule has 0 saturated heterocycles. The van der Waals surface area contributed by atoms with Crippen molar-refractivity contribution in [1.82, 2.24) is 40.8 Å². The second-order valence-electron chi connectivity index (χ2n) is 17.1. The second-order valence-corrected chi connectivity index (χ2v) is 20.4. The minimum absolute atomic E-state index is 0.169. The Morgan fingerprint density at radius 3 is 2.36 bits per heavy atom. The molecule has 0 saturated carbocycles. The van der Waals surface area contributed by atoms with E-state index in [1.165, 1.54) is 20.5 Å². The van der Waals surface area contributed by atoms with Crippen LogP contribution in [0, 0.1) is 0 Å². The molecule has 6 aromatic heterocycles. The van der Waals surface area contributed by atoms with E-state index in [9.17, 15) is 0 Å². The SMILES string of the molecule is C1=CC(c2c(-c3cccc4[nH]nnc34)c(-c3cc4ccccc4s3)cc3[nH]c4c(-c5nc6ccccc6s5)nc(-c5nc6ccccc6o5)c(C5=Cc6ccccc6ON5)c4c23)Sc2ccccc21. The molecule has 0 fully saturated rings. The number of nitrogens with zero attached hydrogens (tertiary/aromatic N) is 5. The predicted octanol–water partition coefficient (Wildman–Crippen LogP) is 14.9. The number of hydroxylamine groups is 1. The number of pyridine rings is 1. The van der Waals surface area contributed by atoms with E-state index in [4.69, 9.17) is 29.3 Å². The summed E-state index contributed by atoms with van der Waals surface area (Å²) in [6.45, 7) is 0. The van der Waals surface area contributed by atoms with Gasteiger partial charge < -0.3 is 14.2 Å².